The van der Waals surface area contributed by atoms with Crippen LogP contribution < -0.4 is 5.32 Å². The van der Waals surface area contributed by atoms with E-state index in [1.165, 1.54) is 0 Å². The number of carbonyl (C=O) groups is 1. The second-order valence-corrected chi connectivity index (χ2v) is 6.59. The lowest BCUT2D eigenvalue weighted by atomic mass is 9.97. The number of aromatic nitrogens is 1. The number of hydrogen-bond acceptors (Lipinski definition) is 3. The molecule has 19 heavy (non-hydrogen) atoms. The number of hydrogen-bond donors (Lipinski definition) is 2. The molecule has 0 saturated heterocycles. The Labute approximate surface area is 130 Å². The Morgan fingerprint density at radius 1 is 1.37 bits per heavy atom. The number of nitrogens with zero attached hydrogens (tertiary/aromatic N) is 1. The van der Waals surface area contributed by atoms with Crippen molar-refractivity contribution in [1.29, 1.82) is 0 Å². The smallest absolute Gasteiger partial charge is 0.307 e. The molecule has 0 radical (unpaired) electrons. The number of pyridine rings is 1. The van der Waals surface area contributed by atoms with Gasteiger partial charge in [0.2, 0.25) is 0 Å². The van der Waals surface area contributed by atoms with Gasteiger partial charge >= 0.3 is 5.97 Å². The summed E-state index contributed by atoms with van der Waals surface area (Å²) in [4.78, 5) is 15.2. The fraction of sp³-hybridized carbons (Fsp3) is 0.538. The first-order valence-corrected chi connectivity index (χ1v) is 7.71. The molecular weight excluding hydrogens is 376 g/mol. The molecule has 106 valence electrons. The van der Waals surface area contributed by atoms with Crippen LogP contribution in [0.15, 0.2) is 21.3 Å². The number of carboxylic acid groups (broad SMARTS) is 1. The van der Waals surface area contributed by atoms with Crippen molar-refractivity contribution in [3.05, 3.63) is 26.9 Å². The molecule has 0 aliphatic heterocycles. The van der Waals surface area contributed by atoms with Crippen LogP contribution in [0, 0.1) is 11.8 Å². The van der Waals surface area contributed by atoms with Crippen LogP contribution in [-0.4, -0.2) is 22.6 Å². The zero-order valence-corrected chi connectivity index (χ0v) is 14.2. The van der Waals surface area contributed by atoms with Crippen molar-refractivity contribution in [1.82, 2.24) is 10.3 Å². The van der Waals surface area contributed by atoms with Crippen LogP contribution in [0.5, 0.6) is 0 Å². The Kier molecular flexibility index (Phi) is 6.96. The molecule has 0 aliphatic carbocycles. The third-order valence-electron chi connectivity index (χ3n) is 2.75. The average Bonchev–Trinajstić information content (AvgIpc) is 2.30. The minimum absolute atomic E-state index is 0.348. The van der Waals surface area contributed by atoms with E-state index >= 15 is 0 Å². The van der Waals surface area contributed by atoms with Gasteiger partial charge in [0.25, 0.3) is 0 Å². The number of halogens is 2. The second-order valence-electron chi connectivity index (χ2n) is 4.88. The van der Waals surface area contributed by atoms with Crippen LogP contribution in [-0.2, 0) is 11.3 Å². The highest BCUT2D eigenvalue weighted by molar-refractivity contribution is 9.11. The van der Waals surface area contributed by atoms with Gasteiger partial charge in [-0.05, 0) is 49.8 Å². The maximum Gasteiger partial charge on any atom is 0.307 e. The van der Waals surface area contributed by atoms with E-state index in [1.807, 2.05) is 13.8 Å². The Bertz CT molecular complexity index is 418. The van der Waals surface area contributed by atoms with Gasteiger partial charge in [-0.3, -0.25) is 9.78 Å². The summed E-state index contributed by atoms with van der Waals surface area (Å²) >= 11 is 6.87. The first kappa shape index (κ1) is 16.6. The molecular formula is C13H18Br2N2O2. The van der Waals surface area contributed by atoms with Gasteiger partial charge in [0.15, 0.2) is 0 Å². The van der Waals surface area contributed by atoms with Crippen LogP contribution in [0.4, 0.5) is 0 Å². The molecule has 0 fully saturated rings. The van der Waals surface area contributed by atoms with Crippen molar-refractivity contribution in [2.45, 2.75) is 26.8 Å². The minimum atomic E-state index is -0.742. The lowest BCUT2D eigenvalue weighted by Crippen LogP contribution is -2.29. The van der Waals surface area contributed by atoms with E-state index in [2.05, 4.69) is 42.2 Å². The fourth-order valence-corrected chi connectivity index (χ4v) is 3.03. The Morgan fingerprint density at radius 3 is 2.42 bits per heavy atom. The van der Waals surface area contributed by atoms with Crippen LogP contribution in [0.3, 0.4) is 0 Å². The first-order chi connectivity index (χ1) is 8.91. The minimum Gasteiger partial charge on any atom is -0.481 e. The molecule has 1 aromatic rings. The second kappa shape index (κ2) is 7.97. The maximum absolute atomic E-state index is 11.1. The normalized spacial score (nSPS) is 12.7. The topological polar surface area (TPSA) is 62.2 Å². The van der Waals surface area contributed by atoms with Gasteiger partial charge in [0, 0.05) is 34.4 Å². The van der Waals surface area contributed by atoms with Gasteiger partial charge in [-0.2, -0.15) is 0 Å². The van der Waals surface area contributed by atoms with E-state index < -0.39 is 5.97 Å². The van der Waals surface area contributed by atoms with Crippen LogP contribution >= 0.6 is 31.9 Å². The van der Waals surface area contributed by atoms with E-state index in [0.29, 0.717) is 25.4 Å². The third-order valence-corrected chi connectivity index (χ3v) is 4.12. The summed E-state index contributed by atoms with van der Waals surface area (Å²) in [6.45, 7) is 5.14. The fourth-order valence-electron chi connectivity index (χ4n) is 1.82. The molecule has 1 aromatic heterocycles. The van der Waals surface area contributed by atoms with Crippen molar-refractivity contribution < 1.29 is 9.90 Å². The highest BCUT2D eigenvalue weighted by Gasteiger charge is 2.18. The lowest BCUT2D eigenvalue weighted by molar-refractivity contribution is -0.142. The van der Waals surface area contributed by atoms with Gasteiger partial charge < -0.3 is 10.4 Å². The number of rotatable bonds is 7. The summed E-state index contributed by atoms with van der Waals surface area (Å²) in [7, 11) is 0. The molecule has 0 aromatic carbocycles. The molecule has 0 saturated carbocycles. The maximum atomic E-state index is 11.1. The summed E-state index contributed by atoms with van der Waals surface area (Å²) in [5.74, 6) is -0.712. The SMILES string of the molecule is CC(C)CC(CNCc1c(Br)cncc1Br)C(=O)O. The molecule has 1 rings (SSSR count). The predicted molar refractivity (Wildman–Crippen MR) is 81.9 cm³/mol. The number of nitrogens with one attached hydrogen (secondary N) is 1. The number of aliphatic carboxylic acids is 1. The van der Waals surface area contributed by atoms with Gasteiger partial charge in [0.1, 0.15) is 0 Å². The van der Waals surface area contributed by atoms with E-state index in [4.69, 9.17) is 5.11 Å². The molecule has 0 spiro atoms. The largest absolute Gasteiger partial charge is 0.481 e. The van der Waals surface area contributed by atoms with Gasteiger partial charge in [-0.1, -0.05) is 13.8 Å². The molecule has 1 atom stereocenters. The summed E-state index contributed by atoms with van der Waals surface area (Å²) in [5.41, 5.74) is 1.05. The highest BCUT2D eigenvalue weighted by atomic mass is 79.9. The lowest BCUT2D eigenvalue weighted by Gasteiger charge is -2.16. The van der Waals surface area contributed by atoms with Crippen molar-refractivity contribution in [2.24, 2.45) is 11.8 Å². The molecule has 0 amide bonds. The number of carboxylic acids is 1. The zero-order chi connectivity index (χ0) is 14.4. The van der Waals surface area contributed by atoms with Crippen LogP contribution in [0.25, 0.3) is 0 Å². The van der Waals surface area contributed by atoms with Gasteiger partial charge in [0.05, 0.1) is 5.92 Å². The summed E-state index contributed by atoms with van der Waals surface area (Å²) in [6.07, 6.45) is 4.14. The Balaban J connectivity index is 2.54. The Hall–Kier alpha value is -0.460. The molecule has 6 heteroatoms. The average molecular weight is 394 g/mol. The monoisotopic (exact) mass is 392 g/mol. The van der Waals surface area contributed by atoms with Crippen molar-refractivity contribution >= 4 is 37.8 Å². The first-order valence-electron chi connectivity index (χ1n) is 6.13. The van der Waals surface area contributed by atoms with Gasteiger partial charge in [-0.15, -0.1) is 0 Å². The summed E-state index contributed by atoms with van der Waals surface area (Å²) < 4.78 is 1.82. The molecule has 1 unspecified atom stereocenters. The standard InChI is InChI=1S/C13H18Br2N2O2/c1-8(2)3-9(13(18)19)4-16-5-10-11(14)6-17-7-12(10)15/h6-9,16H,3-5H2,1-2H3,(H,18,19). The predicted octanol–water partition coefficient (Wildman–Crippen LogP) is 3.44. The summed E-state index contributed by atoms with van der Waals surface area (Å²) in [6, 6.07) is 0. The van der Waals surface area contributed by atoms with Crippen molar-refractivity contribution in [3.8, 4) is 0 Å². The van der Waals surface area contributed by atoms with Gasteiger partial charge in [-0.25, -0.2) is 0 Å². The van der Waals surface area contributed by atoms with E-state index in [-0.39, 0.29) is 5.92 Å². The van der Waals surface area contributed by atoms with Crippen molar-refractivity contribution in [2.75, 3.05) is 6.54 Å². The van der Waals surface area contributed by atoms with E-state index in [1.54, 1.807) is 12.4 Å². The highest BCUT2D eigenvalue weighted by Crippen LogP contribution is 2.23. The molecule has 2 N–H and O–H groups in total. The van der Waals surface area contributed by atoms with Crippen molar-refractivity contribution in [3.63, 3.8) is 0 Å². The molecule has 1 heterocycles. The van der Waals surface area contributed by atoms with E-state index in [0.717, 1.165) is 14.5 Å². The third kappa shape index (κ3) is 5.58. The molecule has 0 bridgehead atoms. The molecule has 0 aliphatic rings. The van der Waals surface area contributed by atoms with Crippen LogP contribution in [0.1, 0.15) is 25.8 Å². The molecule has 4 nitrogen and oxygen atoms in total. The van der Waals surface area contributed by atoms with E-state index in [9.17, 15) is 4.79 Å². The summed E-state index contributed by atoms with van der Waals surface area (Å²) in [5, 5.41) is 12.4. The Morgan fingerprint density at radius 2 is 1.95 bits per heavy atom. The quantitative estimate of drug-likeness (QED) is 0.744. The van der Waals surface area contributed by atoms with Crippen LogP contribution in [0.2, 0.25) is 0 Å². The zero-order valence-electron chi connectivity index (χ0n) is 11.0.